The van der Waals surface area contributed by atoms with Gasteiger partial charge in [-0.2, -0.15) is 0 Å². The molecule has 1 aromatic carbocycles. The summed E-state index contributed by atoms with van der Waals surface area (Å²) in [6.07, 6.45) is 5.31. The van der Waals surface area contributed by atoms with Crippen LogP contribution in [0.25, 0.3) is 0 Å². The Balaban J connectivity index is 2.24. The molecule has 0 radical (unpaired) electrons. The second-order valence-electron chi connectivity index (χ2n) is 4.77. The summed E-state index contributed by atoms with van der Waals surface area (Å²) in [6, 6.07) is 7.51. The van der Waals surface area contributed by atoms with Gasteiger partial charge in [-0.05, 0) is 49.2 Å². The second-order valence-corrected chi connectivity index (χ2v) is 5.21. The van der Waals surface area contributed by atoms with Gasteiger partial charge < -0.3 is 10.1 Å². The molecule has 0 aliphatic heterocycles. The van der Waals surface area contributed by atoms with E-state index in [0.29, 0.717) is 5.02 Å². The van der Waals surface area contributed by atoms with E-state index in [0.717, 1.165) is 36.5 Å². The first-order valence-corrected chi connectivity index (χ1v) is 7.45. The van der Waals surface area contributed by atoms with Crippen molar-refractivity contribution < 1.29 is 4.74 Å². The van der Waals surface area contributed by atoms with Gasteiger partial charge in [0.2, 0.25) is 0 Å². The average Bonchev–Trinajstić information content (AvgIpc) is 2.52. The predicted molar refractivity (Wildman–Crippen MR) is 84.8 cm³/mol. The van der Waals surface area contributed by atoms with Gasteiger partial charge in [0.1, 0.15) is 11.6 Å². The highest BCUT2D eigenvalue weighted by molar-refractivity contribution is 6.30. The first-order valence-electron chi connectivity index (χ1n) is 7.07. The topological polar surface area (TPSA) is 47.0 Å². The molecule has 0 fully saturated rings. The third kappa shape index (κ3) is 4.41. The molecule has 1 heterocycles. The van der Waals surface area contributed by atoms with Gasteiger partial charge in [0.15, 0.2) is 0 Å². The number of nitrogens with one attached hydrogen (secondary N) is 1. The van der Waals surface area contributed by atoms with Crippen LogP contribution in [0.2, 0.25) is 5.02 Å². The number of nitrogens with zero attached hydrogens (tertiary/aromatic N) is 2. The van der Waals surface area contributed by atoms with Crippen molar-refractivity contribution in [3.8, 4) is 5.75 Å². The molecule has 0 saturated heterocycles. The molecule has 2 aromatic rings. The average molecular weight is 306 g/mol. The minimum Gasteiger partial charge on any atom is -0.496 e. The van der Waals surface area contributed by atoms with Crippen LogP contribution < -0.4 is 10.1 Å². The maximum Gasteiger partial charge on any atom is 0.145 e. The van der Waals surface area contributed by atoms with Crippen molar-refractivity contribution in [1.29, 1.82) is 0 Å². The van der Waals surface area contributed by atoms with Crippen LogP contribution in [-0.2, 0) is 6.42 Å². The summed E-state index contributed by atoms with van der Waals surface area (Å²) < 4.78 is 5.41. The van der Waals surface area contributed by atoms with E-state index < -0.39 is 0 Å². The molecule has 21 heavy (non-hydrogen) atoms. The van der Waals surface area contributed by atoms with Gasteiger partial charge in [-0.3, -0.25) is 0 Å². The van der Waals surface area contributed by atoms with Gasteiger partial charge in [-0.1, -0.05) is 18.5 Å². The number of ether oxygens (including phenoxy) is 1. The van der Waals surface area contributed by atoms with Crippen molar-refractivity contribution in [2.75, 3.05) is 13.7 Å². The van der Waals surface area contributed by atoms with Crippen LogP contribution in [0.1, 0.15) is 30.8 Å². The largest absolute Gasteiger partial charge is 0.496 e. The van der Waals surface area contributed by atoms with E-state index in [2.05, 4.69) is 22.2 Å². The lowest BCUT2D eigenvalue weighted by Crippen LogP contribution is -2.26. The quantitative estimate of drug-likeness (QED) is 0.851. The van der Waals surface area contributed by atoms with Crippen molar-refractivity contribution in [1.82, 2.24) is 15.3 Å². The predicted octanol–water partition coefficient (Wildman–Crippen LogP) is 3.42. The van der Waals surface area contributed by atoms with Crippen LogP contribution in [0.3, 0.4) is 0 Å². The summed E-state index contributed by atoms with van der Waals surface area (Å²) in [5, 5.41) is 4.18. The molecule has 0 bridgehead atoms. The molecule has 0 amide bonds. The normalized spacial score (nSPS) is 12.1. The van der Waals surface area contributed by atoms with E-state index >= 15 is 0 Å². The zero-order valence-corrected chi connectivity index (χ0v) is 13.1. The van der Waals surface area contributed by atoms with Crippen LogP contribution in [0, 0.1) is 0 Å². The van der Waals surface area contributed by atoms with Gasteiger partial charge in [-0.25, -0.2) is 9.97 Å². The Morgan fingerprint density at radius 2 is 2.05 bits per heavy atom. The molecule has 4 nitrogen and oxygen atoms in total. The van der Waals surface area contributed by atoms with Crippen molar-refractivity contribution in [2.24, 2.45) is 0 Å². The Morgan fingerprint density at radius 3 is 2.71 bits per heavy atom. The first kappa shape index (κ1) is 15.7. The van der Waals surface area contributed by atoms with Crippen LogP contribution >= 0.6 is 11.6 Å². The molecule has 0 aliphatic carbocycles. The number of methoxy groups -OCH3 is 1. The second kappa shape index (κ2) is 7.96. The summed E-state index contributed by atoms with van der Waals surface area (Å²) in [6.45, 7) is 3.04. The van der Waals surface area contributed by atoms with Crippen LogP contribution in [0.4, 0.5) is 0 Å². The molecule has 112 valence electrons. The lowest BCUT2D eigenvalue weighted by molar-refractivity contribution is 0.404. The molecule has 1 aromatic heterocycles. The fourth-order valence-electron chi connectivity index (χ4n) is 2.19. The number of hydrogen-bond donors (Lipinski definition) is 1. The van der Waals surface area contributed by atoms with Crippen LogP contribution in [-0.4, -0.2) is 23.6 Å². The van der Waals surface area contributed by atoms with Crippen LogP contribution in [0.15, 0.2) is 36.7 Å². The number of benzene rings is 1. The number of rotatable bonds is 7. The zero-order valence-electron chi connectivity index (χ0n) is 12.3. The molecule has 5 heteroatoms. The minimum absolute atomic E-state index is 0.0403. The van der Waals surface area contributed by atoms with Gasteiger partial charge in [0.05, 0.1) is 13.2 Å². The Bertz CT molecular complexity index is 563. The third-order valence-electron chi connectivity index (χ3n) is 3.20. The van der Waals surface area contributed by atoms with E-state index in [1.165, 1.54) is 0 Å². The molecular weight excluding hydrogens is 286 g/mol. The highest BCUT2D eigenvalue weighted by atomic mass is 35.5. The zero-order chi connectivity index (χ0) is 15.1. The van der Waals surface area contributed by atoms with Gasteiger partial charge >= 0.3 is 0 Å². The Kier molecular flexibility index (Phi) is 5.96. The number of hydrogen-bond acceptors (Lipinski definition) is 4. The SMILES string of the molecule is CCCNC(Cc1cc(Cl)ccc1OC)c1ncccn1. The standard InChI is InChI=1S/C16H20ClN3O/c1-3-7-18-14(16-19-8-4-9-20-16)11-12-10-13(17)5-6-15(12)21-2/h4-6,8-10,14,18H,3,7,11H2,1-2H3. The molecule has 0 saturated carbocycles. The van der Waals surface area contributed by atoms with Crippen molar-refractivity contribution in [2.45, 2.75) is 25.8 Å². The lowest BCUT2D eigenvalue weighted by atomic mass is 10.0. The Morgan fingerprint density at radius 1 is 1.29 bits per heavy atom. The summed E-state index contributed by atoms with van der Waals surface area (Å²) >= 11 is 6.10. The lowest BCUT2D eigenvalue weighted by Gasteiger charge is -2.18. The smallest absolute Gasteiger partial charge is 0.145 e. The van der Waals surface area contributed by atoms with Crippen molar-refractivity contribution in [3.05, 3.63) is 53.1 Å². The van der Waals surface area contributed by atoms with E-state index in [9.17, 15) is 0 Å². The van der Waals surface area contributed by atoms with Crippen molar-refractivity contribution >= 4 is 11.6 Å². The summed E-state index contributed by atoms with van der Waals surface area (Å²) in [7, 11) is 1.67. The third-order valence-corrected chi connectivity index (χ3v) is 3.44. The Hall–Kier alpha value is -1.65. The highest BCUT2D eigenvalue weighted by Gasteiger charge is 2.16. The molecular formula is C16H20ClN3O. The van der Waals surface area contributed by atoms with E-state index in [-0.39, 0.29) is 6.04 Å². The molecule has 0 spiro atoms. The molecule has 2 rings (SSSR count). The summed E-state index contributed by atoms with van der Waals surface area (Å²) in [5.74, 6) is 1.62. The van der Waals surface area contributed by atoms with Crippen LogP contribution in [0.5, 0.6) is 5.75 Å². The monoisotopic (exact) mass is 305 g/mol. The summed E-state index contributed by atoms with van der Waals surface area (Å²) in [5.41, 5.74) is 1.05. The maximum absolute atomic E-state index is 6.10. The first-order chi connectivity index (χ1) is 10.2. The molecule has 1 N–H and O–H groups in total. The minimum atomic E-state index is 0.0403. The highest BCUT2D eigenvalue weighted by Crippen LogP contribution is 2.26. The number of aromatic nitrogens is 2. The fourth-order valence-corrected chi connectivity index (χ4v) is 2.39. The fraction of sp³-hybridized carbons (Fsp3) is 0.375. The van der Waals surface area contributed by atoms with Gasteiger partial charge in [0, 0.05) is 17.4 Å². The Labute approximate surface area is 130 Å². The van der Waals surface area contributed by atoms with Gasteiger partial charge in [0.25, 0.3) is 0 Å². The molecule has 0 aliphatic rings. The van der Waals surface area contributed by atoms with E-state index in [1.807, 2.05) is 24.3 Å². The molecule has 1 unspecified atom stereocenters. The summed E-state index contributed by atoms with van der Waals surface area (Å²) in [4.78, 5) is 8.72. The van der Waals surface area contributed by atoms with Crippen molar-refractivity contribution in [3.63, 3.8) is 0 Å². The van der Waals surface area contributed by atoms with Gasteiger partial charge in [-0.15, -0.1) is 0 Å². The maximum atomic E-state index is 6.10. The van der Waals surface area contributed by atoms with E-state index in [1.54, 1.807) is 19.5 Å². The van der Waals surface area contributed by atoms with E-state index in [4.69, 9.17) is 16.3 Å². The molecule has 1 atom stereocenters. The number of halogens is 1.